The lowest BCUT2D eigenvalue weighted by Crippen LogP contribution is -1.95. The molecule has 1 aliphatic rings. The molecule has 0 radical (unpaired) electrons. The molecule has 2 aromatic heterocycles. The van der Waals surface area contributed by atoms with Gasteiger partial charge < -0.3 is 8.98 Å². The van der Waals surface area contributed by atoms with Crippen LogP contribution in [0.25, 0.3) is 49.9 Å². The van der Waals surface area contributed by atoms with Crippen molar-refractivity contribution < 1.29 is 4.42 Å². The van der Waals surface area contributed by atoms with E-state index in [4.69, 9.17) is 4.42 Å². The maximum atomic E-state index is 5.89. The van der Waals surface area contributed by atoms with E-state index in [0.717, 1.165) is 16.9 Å². The van der Waals surface area contributed by atoms with Gasteiger partial charge in [0.25, 0.3) is 0 Å². The number of hydrogen-bond donors (Lipinski definition) is 0. The normalized spacial score (nSPS) is 12.2. The molecule has 0 amide bonds. The Labute approximate surface area is 138 Å². The molecule has 0 saturated heterocycles. The molecule has 112 valence electrons. The monoisotopic (exact) mass is 307 g/mol. The van der Waals surface area contributed by atoms with Crippen molar-refractivity contribution in [2.75, 3.05) is 0 Å². The molecule has 0 atom stereocenters. The fourth-order valence-electron chi connectivity index (χ4n) is 4.08. The van der Waals surface area contributed by atoms with E-state index in [2.05, 4.69) is 77.4 Å². The summed E-state index contributed by atoms with van der Waals surface area (Å²) in [6.07, 6.45) is 1.79. The van der Waals surface area contributed by atoms with Gasteiger partial charge in [0.15, 0.2) is 0 Å². The number of benzene rings is 3. The van der Waals surface area contributed by atoms with Crippen LogP contribution >= 0.6 is 0 Å². The van der Waals surface area contributed by atoms with Crippen molar-refractivity contribution in [3.05, 3.63) is 79.1 Å². The number of fused-ring (bicyclic) bond motifs is 8. The number of rotatable bonds is 0. The summed E-state index contributed by atoms with van der Waals surface area (Å²) in [7, 11) is 0. The van der Waals surface area contributed by atoms with Crippen molar-refractivity contribution in [2.45, 2.75) is 0 Å². The Morgan fingerprint density at radius 2 is 1.42 bits per heavy atom. The SMILES string of the molecule is c1ccc2c(c1)-c1occc1-c1cccc3c4ccccc4n-2c13. The molecule has 6 rings (SSSR count). The molecule has 0 fully saturated rings. The zero-order chi connectivity index (χ0) is 15.7. The first kappa shape index (κ1) is 12.2. The van der Waals surface area contributed by atoms with E-state index in [-0.39, 0.29) is 0 Å². The maximum absolute atomic E-state index is 5.89. The Balaban J connectivity index is 2.00. The van der Waals surface area contributed by atoms with Crippen LogP contribution in [0.15, 0.2) is 83.5 Å². The second kappa shape index (κ2) is 4.18. The predicted molar refractivity (Wildman–Crippen MR) is 97.5 cm³/mol. The standard InChI is InChI=1S/C22H13NO/c1-3-10-19-14(6-1)15-8-5-9-16-17-12-13-24-22(17)18-7-2-4-11-20(18)23(19)21(15)16/h1-13H. The lowest BCUT2D eigenvalue weighted by atomic mass is 10.0. The Kier molecular flexibility index (Phi) is 2.12. The molecule has 24 heavy (non-hydrogen) atoms. The summed E-state index contributed by atoms with van der Waals surface area (Å²) < 4.78 is 8.27. The highest BCUT2D eigenvalue weighted by Crippen LogP contribution is 2.46. The van der Waals surface area contributed by atoms with Gasteiger partial charge in [-0.25, -0.2) is 0 Å². The summed E-state index contributed by atoms with van der Waals surface area (Å²) in [5.74, 6) is 0.950. The van der Waals surface area contributed by atoms with Crippen LogP contribution in [0.5, 0.6) is 0 Å². The molecule has 2 nitrogen and oxygen atoms in total. The first-order valence-electron chi connectivity index (χ1n) is 8.13. The Bertz CT molecular complexity index is 1260. The third kappa shape index (κ3) is 1.32. The maximum Gasteiger partial charge on any atom is 0.143 e. The smallest absolute Gasteiger partial charge is 0.143 e. The van der Waals surface area contributed by atoms with Gasteiger partial charge in [0.2, 0.25) is 0 Å². The Morgan fingerprint density at radius 1 is 0.625 bits per heavy atom. The third-order valence-electron chi connectivity index (χ3n) is 5.04. The van der Waals surface area contributed by atoms with Crippen LogP contribution < -0.4 is 0 Å². The van der Waals surface area contributed by atoms with Crippen LogP contribution in [0.3, 0.4) is 0 Å². The lowest BCUT2D eigenvalue weighted by Gasteiger charge is -2.10. The van der Waals surface area contributed by atoms with Gasteiger partial charge in [-0.1, -0.05) is 48.5 Å². The van der Waals surface area contributed by atoms with Crippen LogP contribution in [0, 0.1) is 0 Å². The number of nitrogens with zero attached hydrogens (tertiary/aromatic N) is 1. The molecular weight excluding hydrogens is 294 g/mol. The van der Waals surface area contributed by atoms with Crippen molar-refractivity contribution in [1.82, 2.24) is 4.57 Å². The second-order valence-corrected chi connectivity index (χ2v) is 6.23. The Morgan fingerprint density at radius 3 is 2.42 bits per heavy atom. The average molecular weight is 307 g/mol. The second-order valence-electron chi connectivity index (χ2n) is 6.23. The zero-order valence-electron chi connectivity index (χ0n) is 12.9. The van der Waals surface area contributed by atoms with Gasteiger partial charge in [0.1, 0.15) is 5.76 Å². The van der Waals surface area contributed by atoms with E-state index in [0.29, 0.717) is 0 Å². The highest BCUT2D eigenvalue weighted by molar-refractivity contribution is 6.15. The van der Waals surface area contributed by atoms with Crippen LogP contribution in [0.1, 0.15) is 0 Å². The summed E-state index contributed by atoms with van der Waals surface area (Å²) in [6.45, 7) is 0. The first-order valence-corrected chi connectivity index (χ1v) is 8.13. The molecule has 3 aromatic carbocycles. The highest BCUT2D eigenvalue weighted by Gasteiger charge is 2.25. The van der Waals surface area contributed by atoms with Crippen LogP contribution in [-0.2, 0) is 0 Å². The van der Waals surface area contributed by atoms with Gasteiger partial charge in [0.05, 0.1) is 23.0 Å². The minimum absolute atomic E-state index is 0.950. The summed E-state index contributed by atoms with van der Waals surface area (Å²) in [5, 5.41) is 2.57. The quantitative estimate of drug-likeness (QED) is 0.335. The first-order chi connectivity index (χ1) is 11.9. The van der Waals surface area contributed by atoms with Gasteiger partial charge in [-0.2, -0.15) is 0 Å². The van der Waals surface area contributed by atoms with E-state index in [1.807, 2.05) is 0 Å². The summed E-state index contributed by atoms with van der Waals surface area (Å²) in [4.78, 5) is 0. The minimum atomic E-state index is 0.950. The molecular formula is C22H13NO. The van der Waals surface area contributed by atoms with Crippen molar-refractivity contribution in [3.8, 4) is 28.1 Å². The fraction of sp³-hybridized carbons (Fsp3) is 0. The number of aromatic nitrogens is 1. The minimum Gasteiger partial charge on any atom is -0.464 e. The molecule has 5 aromatic rings. The van der Waals surface area contributed by atoms with Gasteiger partial charge in [-0.3, -0.25) is 0 Å². The molecule has 0 saturated carbocycles. The summed E-state index contributed by atoms with van der Waals surface area (Å²) in [5.41, 5.74) is 7.18. The summed E-state index contributed by atoms with van der Waals surface area (Å²) in [6, 6.07) is 25.7. The van der Waals surface area contributed by atoms with E-state index in [9.17, 15) is 0 Å². The van der Waals surface area contributed by atoms with Gasteiger partial charge >= 0.3 is 0 Å². The third-order valence-corrected chi connectivity index (χ3v) is 5.04. The van der Waals surface area contributed by atoms with E-state index in [1.165, 1.54) is 33.1 Å². The molecule has 0 bridgehead atoms. The van der Waals surface area contributed by atoms with Crippen LogP contribution in [0.2, 0.25) is 0 Å². The van der Waals surface area contributed by atoms with E-state index >= 15 is 0 Å². The van der Waals surface area contributed by atoms with Crippen LogP contribution in [-0.4, -0.2) is 4.57 Å². The van der Waals surface area contributed by atoms with Crippen molar-refractivity contribution in [1.29, 1.82) is 0 Å². The number of para-hydroxylation sites is 3. The van der Waals surface area contributed by atoms with E-state index < -0.39 is 0 Å². The van der Waals surface area contributed by atoms with E-state index in [1.54, 1.807) is 6.26 Å². The predicted octanol–water partition coefficient (Wildman–Crippen LogP) is 6.02. The lowest BCUT2D eigenvalue weighted by molar-refractivity contribution is 0.583. The van der Waals surface area contributed by atoms with Crippen molar-refractivity contribution in [2.24, 2.45) is 0 Å². The largest absolute Gasteiger partial charge is 0.464 e. The topological polar surface area (TPSA) is 18.1 Å². The molecule has 0 unspecified atom stereocenters. The number of hydrogen-bond acceptors (Lipinski definition) is 1. The van der Waals surface area contributed by atoms with Gasteiger partial charge in [0, 0.05) is 27.5 Å². The Hall–Kier alpha value is -3.26. The molecule has 0 aliphatic carbocycles. The van der Waals surface area contributed by atoms with Crippen LogP contribution in [0.4, 0.5) is 0 Å². The molecule has 1 aliphatic heterocycles. The average Bonchev–Trinajstić information content (AvgIpc) is 3.21. The molecule has 2 heteroatoms. The highest BCUT2D eigenvalue weighted by atomic mass is 16.3. The fourth-order valence-corrected chi connectivity index (χ4v) is 4.08. The molecule has 0 N–H and O–H groups in total. The van der Waals surface area contributed by atoms with Crippen molar-refractivity contribution in [3.63, 3.8) is 0 Å². The van der Waals surface area contributed by atoms with Gasteiger partial charge in [-0.05, 0) is 24.3 Å². The summed E-state index contributed by atoms with van der Waals surface area (Å²) >= 11 is 0. The van der Waals surface area contributed by atoms with Gasteiger partial charge in [-0.15, -0.1) is 0 Å². The number of furan rings is 1. The molecule has 0 spiro atoms. The zero-order valence-corrected chi connectivity index (χ0v) is 12.9. The molecule has 3 heterocycles. The van der Waals surface area contributed by atoms with Crippen molar-refractivity contribution >= 4 is 21.8 Å².